The molecule has 0 N–H and O–H groups in total. The van der Waals surface area contributed by atoms with Gasteiger partial charge in [0.1, 0.15) is 18.6 Å². The molecule has 10 nitrogen and oxygen atoms in total. The molecule has 2 aromatic heterocycles. The van der Waals surface area contributed by atoms with E-state index in [4.69, 9.17) is 37.9 Å². The molecular formula is C34H41Cl2FN8O2. The molecule has 0 radical (unpaired) electrons. The van der Waals surface area contributed by atoms with Crippen LogP contribution in [0.15, 0.2) is 18.2 Å². The number of likely N-dealkylation sites (N-methyl/N-ethyl adjacent to an activating group) is 1. The van der Waals surface area contributed by atoms with Gasteiger partial charge in [-0.15, -0.1) is 0 Å². The van der Waals surface area contributed by atoms with Crippen LogP contribution >= 0.6 is 23.2 Å². The van der Waals surface area contributed by atoms with Crippen LogP contribution in [-0.4, -0.2) is 99.5 Å². The maximum absolute atomic E-state index is 14.6. The molecule has 6 heterocycles. The molecule has 3 aromatic rings. The van der Waals surface area contributed by atoms with Crippen molar-refractivity contribution in [2.24, 2.45) is 0 Å². The number of hydrogen-bond donors (Lipinski definition) is 0. The highest BCUT2D eigenvalue weighted by Gasteiger charge is 2.50. The highest BCUT2D eigenvalue weighted by molar-refractivity contribution is 6.34. The van der Waals surface area contributed by atoms with Gasteiger partial charge in [0.25, 0.3) is 5.91 Å². The standard InChI is InChI=1S/C34H41Cl2FN8O2/c1-41(2)31(46)29-28(36)26-19-43(12-6-14-45(26)40-29)30-23-18-42(3)34(11-9-21-7-4-8-24(35)27(21)34)16-25(23)38-32(39-30)47-20-33-10-5-13-44(33)17-22(37)15-33/h4,7-8,22H,5-6,9-20H2,1-3H3/t22-,33?,34+/m1/s1. The fraction of sp³-hybridized carbons (Fsp3) is 0.588. The third kappa shape index (κ3) is 5.02. The summed E-state index contributed by atoms with van der Waals surface area (Å²) in [6.07, 6.45) is 5.00. The van der Waals surface area contributed by atoms with Gasteiger partial charge in [0, 0.05) is 63.7 Å². The maximum Gasteiger partial charge on any atom is 0.318 e. The van der Waals surface area contributed by atoms with E-state index in [9.17, 15) is 9.18 Å². The predicted octanol–water partition coefficient (Wildman–Crippen LogP) is 4.88. The molecule has 4 aliphatic heterocycles. The van der Waals surface area contributed by atoms with Gasteiger partial charge in [-0.3, -0.25) is 19.3 Å². The molecule has 13 heteroatoms. The number of ether oxygens (including phenoxy) is 1. The summed E-state index contributed by atoms with van der Waals surface area (Å²) >= 11 is 13.8. The number of fused-ring (bicyclic) bond motifs is 5. The van der Waals surface area contributed by atoms with E-state index in [1.54, 1.807) is 14.1 Å². The fourth-order valence-corrected chi connectivity index (χ4v) is 9.56. The molecule has 1 aliphatic carbocycles. The summed E-state index contributed by atoms with van der Waals surface area (Å²) in [6, 6.07) is 6.53. The Bertz CT molecular complexity index is 1750. The SMILES string of the molecule is CN(C)C(=O)c1nn2c(c1Cl)CN(c1nc(OCC34CCCN3C[C@H](F)C4)nc3c1CN(C)[C@@]1(CCc4cccc(Cl)c41)C3)CCC2. The third-order valence-electron chi connectivity index (χ3n) is 11.3. The van der Waals surface area contributed by atoms with Crippen LogP contribution in [0.4, 0.5) is 10.2 Å². The van der Waals surface area contributed by atoms with Gasteiger partial charge in [-0.1, -0.05) is 35.3 Å². The van der Waals surface area contributed by atoms with Crippen molar-refractivity contribution in [3.05, 3.63) is 62.0 Å². The minimum Gasteiger partial charge on any atom is -0.461 e. The number of halogens is 3. The largest absolute Gasteiger partial charge is 0.461 e. The Labute approximate surface area is 284 Å². The number of anilines is 1. The summed E-state index contributed by atoms with van der Waals surface area (Å²) in [7, 11) is 5.57. The van der Waals surface area contributed by atoms with Gasteiger partial charge in [0.2, 0.25) is 0 Å². The molecule has 3 atom stereocenters. The van der Waals surface area contributed by atoms with Gasteiger partial charge in [0.15, 0.2) is 5.69 Å². The van der Waals surface area contributed by atoms with E-state index in [0.29, 0.717) is 56.7 Å². The summed E-state index contributed by atoms with van der Waals surface area (Å²) in [5.74, 6) is 0.591. The minimum absolute atomic E-state index is 0.220. The summed E-state index contributed by atoms with van der Waals surface area (Å²) in [5, 5.41) is 5.79. The van der Waals surface area contributed by atoms with Crippen molar-refractivity contribution in [1.82, 2.24) is 34.4 Å². The zero-order valence-corrected chi connectivity index (χ0v) is 28.7. The predicted molar refractivity (Wildman–Crippen MR) is 178 cm³/mol. The monoisotopic (exact) mass is 682 g/mol. The van der Waals surface area contributed by atoms with Gasteiger partial charge in [-0.05, 0) is 62.9 Å². The van der Waals surface area contributed by atoms with Gasteiger partial charge >= 0.3 is 6.01 Å². The fourth-order valence-electron chi connectivity index (χ4n) is 8.91. The van der Waals surface area contributed by atoms with E-state index in [-0.39, 0.29) is 22.7 Å². The van der Waals surface area contributed by atoms with E-state index < -0.39 is 6.17 Å². The van der Waals surface area contributed by atoms with E-state index in [2.05, 4.69) is 32.9 Å². The number of carbonyl (C=O) groups excluding carboxylic acids is 1. The molecule has 5 aliphatic rings. The minimum atomic E-state index is -0.836. The van der Waals surface area contributed by atoms with Crippen LogP contribution in [0, 0.1) is 0 Å². The van der Waals surface area contributed by atoms with Crippen molar-refractivity contribution < 1.29 is 13.9 Å². The lowest BCUT2D eigenvalue weighted by molar-refractivity contribution is 0.0821. The molecule has 1 spiro atoms. The van der Waals surface area contributed by atoms with Crippen molar-refractivity contribution in [2.75, 3.05) is 52.3 Å². The first kappa shape index (κ1) is 31.3. The first-order valence-corrected chi connectivity index (χ1v) is 17.5. The molecule has 47 heavy (non-hydrogen) atoms. The number of aryl methyl sites for hydroxylation is 2. The van der Waals surface area contributed by atoms with E-state index in [1.165, 1.54) is 16.0 Å². The van der Waals surface area contributed by atoms with Gasteiger partial charge in [-0.2, -0.15) is 15.1 Å². The highest BCUT2D eigenvalue weighted by Crippen LogP contribution is 2.50. The van der Waals surface area contributed by atoms with Crippen LogP contribution in [0.25, 0.3) is 0 Å². The number of rotatable bonds is 5. The molecule has 1 amide bonds. The number of carbonyl (C=O) groups is 1. The lowest BCUT2D eigenvalue weighted by Gasteiger charge is -2.45. The Balaban J connectivity index is 1.19. The van der Waals surface area contributed by atoms with Gasteiger partial charge in [-0.25, -0.2) is 4.39 Å². The summed E-state index contributed by atoms with van der Waals surface area (Å²) in [4.78, 5) is 31.5. The second-order valence-electron chi connectivity index (χ2n) is 14.3. The van der Waals surface area contributed by atoms with Crippen molar-refractivity contribution >= 4 is 34.9 Å². The number of hydrogen-bond acceptors (Lipinski definition) is 8. The molecule has 2 saturated heterocycles. The second kappa shape index (κ2) is 11.6. The van der Waals surface area contributed by atoms with Crippen LogP contribution in [-0.2, 0) is 38.0 Å². The van der Waals surface area contributed by atoms with Crippen molar-refractivity contribution in [2.45, 2.75) is 81.8 Å². The number of amides is 1. The van der Waals surface area contributed by atoms with Crippen LogP contribution in [0.5, 0.6) is 6.01 Å². The second-order valence-corrected chi connectivity index (χ2v) is 15.0. The first-order valence-electron chi connectivity index (χ1n) is 16.7. The Morgan fingerprint density at radius 1 is 1.13 bits per heavy atom. The summed E-state index contributed by atoms with van der Waals surface area (Å²) in [5.41, 5.74) is 4.98. The smallest absolute Gasteiger partial charge is 0.318 e. The molecule has 250 valence electrons. The number of alkyl halides is 1. The molecule has 0 saturated carbocycles. The van der Waals surface area contributed by atoms with Crippen molar-refractivity contribution in [1.29, 1.82) is 0 Å². The Morgan fingerprint density at radius 3 is 2.81 bits per heavy atom. The normalized spacial score (nSPS) is 27.0. The average Bonchev–Trinajstić information content (AvgIpc) is 3.73. The lowest BCUT2D eigenvalue weighted by atomic mass is 9.81. The zero-order valence-electron chi connectivity index (χ0n) is 27.2. The van der Waals surface area contributed by atoms with Crippen LogP contribution in [0.3, 0.4) is 0 Å². The first-order chi connectivity index (χ1) is 22.6. The number of benzene rings is 1. The van der Waals surface area contributed by atoms with Crippen LogP contribution < -0.4 is 9.64 Å². The maximum atomic E-state index is 14.6. The molecule has 1 aromatic carbocycles. The zero-order chi connectivity index (χ0) is 32.7. The third-order valence-corrected chi connectivity index (χ3v) is 12.0. The topological polar surface area (TPSA) is 82.9 Å². The quantitative estimate of drug-likeness (QED) is 0.377. The van der Waals surface area contributed by atoms with Crippen molar-refractivity contribution in [3.8, 4) is 6.01 Å². The van der Waals surface area contributed by atoms with Gasteiger partial charge in [0.05, 0.1) is 34.0 Å². The molecule has 0 bridgehead atoms. The van der Waals surface area contributed by atoms with Crippen LogP contribution in [0.1, 0.15) is 70.7 Å². The lowest BCUT2D eigenvalue weighted by Crippen LogP contribution is -2.48. The Morgan fingerprint density at radius 2 is 1.98 bits per heavy atom. The molecular weight excluding hydrogens is 642 g/mol. The Hall–Kier alpha value is -2.99. The van der Waals surface area contributed by atoms with Crippen LogP contribution in [0.2, 0.25) is 10.0 Å². The van der Waals surface area contributed by atoms with Crippen molar-refractivity contribution in [3.63, 3.8) is 0 Å². The number of aromatic nitrogens is 4. The number of nitrogens with zero attached hydrogens (tertiary/aromatic N) is 8. The Kier molecular flexibility index (Phi) is 7.70. The molecule has 1 unspecified atom stereocenters. The van der Waals surface area contributed by atoms with E-state index in [1.807, 2.05) is 16.8 Å². The summed E-state index contributed by atoms with van der Waals surface area (Å²) < 4.78 is 23.0. The molecule has 8 rings (SSSR count). The summed E-state index contributed by atoms with van der Waals surface area (Å²) in [6.45, 7) is 4.18. The van der Waals surface area contributed by atoms with E-state index >= 15 is 0 Å². The average molecular weight is 684 g/mol. The highest BCUT2D eigenvalue weighted by atomic mass is 35.5. The van der Waals surface area contributed by atoms with E-state index in [0.717, 1.165) is 73.0 Å². The van der Waals surface area contributed by atoms with Gasteiger partial charge < -0.3 is 14.5 Å². The molecule has 2 fully saturated rings.